The molecule has 0 fully saturated rings. The Labute approximate surface area is 171 Å². The lowest BCUT2D eigenvalue weighted by Gasteiger charge is -2.14. The second kappa shape index (κ2) is 9.82. The average molecular weight is 390 g/mol. The number of phenolic OH excluding ortho intramolecular Hbond substituents is 1. The third kappa shape index (κ3) is 4.99. The van der Waals surface area contributed by atoms with Gasteiger partial charge in [-0.3, -0.25) is 0 Å². The molecule has 0 bridgehead atoms. The minimum absolute atomic E-state index is 0.0397. The highest BCUT2D eigenvalue weighted by atomic mass is 16.5. The smallest absolute Gasteiger partial charge is 0.340 e. The highest BCUT2D eigenvalue weighted by molar-refractivity contribution is 5.96. The number of carbonyl (C=O) groups excluding carboxylic acids is 1. The van der Waals surface area contributed by atoms with Crippen LogP contribution in [0.25, 0.3) is 10.8 Å². The van der Waals surface area contributed by atoms with E-state index in [4.69, 9.17) is 4.74 Å². The van der Waals surface area contributed by atoms with Crippen LogP contribution in [0.2, 0.25) is 0 Å². The molecule has 150 valence electrons. The fraction of sp³-hybridized carbons (Fsp3) is 0.292. The van der Waals surface area contributed by atoms with Gasteiger partial charge in [-0.25, -0.2) is 4.79 Å². The molecule has 1 unspecified atom stereocenters. The summed E-state index contributed by atoms with van der Waals surface area (Å²) in [5.74, 6) is -0.000487. The normalized spacial score (nSPS) is 12.3. The number of nitrogens with zero attached hydrogens (tertiary/aromatic N) is 2. The lowest BCUT2D eigenvalue weighted by atomic mass is 10.0. The molecular formula is C24H26N2O3. The van der Waals surface area contributed by atoms with Crippen LogP contribution in [0.15, 0.2) is 70.9 Å². The van der Waals surface area contributed by atoms with E-state index in [9.17, 15) is 9.90 Å². The van der Waals surface area contributed by atoms with Gasteiger partial charge in [0.05, 0.1) is 12.2 Å². The Kier molecular flexibility index (Phi) is 6.95. The standard InChI is InChI=1S/C24H26N2O3/c1-3-9-17(4-2)16-29-24(28)20-12-7-8-13-21(20)25-26-23-19-11-6-5-10-18(19)14-15-22(23)27/h5-8,10-15,17,27H,3-4,9,16H2,1-2H3. The van der Waals surface area contributed by atoms with Crippen molar-refractivity contribution in [2.24, 2.45) is 16.1 Å². The number of hydrogen-bond acceptors (Lipinski definition) is 5. The number of benzene rings is 3. The van der Waals surface area contributed by atoms with Crippen molar-refractivity contribution < 1.29 is 14.6 Å². The lowest BCUT2D eigenvalue weighted by molar-refractivity contribution is 0.0430. The van der Waals surface area contributed by atoms with Crippen LogP contribution in [0, 0.1) is 5.92 Å². The first kappa shape index (κ1) is 20.5. The van der Waals surface area contributed by atoms with Crippen LogP contribution in [-0.2, 0) is 4.74 Å². The van der Waals surface area contributed by atoms with Crippen LogP contribution in [0.5, 0.6) is 5.75 Å². The zero-order valence-corrected chi connectivity index (χ0v) is 16.8. The second-order valence-electron chi connectivity index (χ2n) is 7.03. The van der Waals surface area contributed by atoms with Crippen LogP contribution < -0.4 is 0 Å². The number of ether oxygens (including phenoxy) is 1. The summed E-state index contributed by atoms with van der Waals surface area (Å²) in [6.07, 6.45) is 3.07. The summed E-state index contributed by atoms with van der Waals surface area (Å²) < 4.78 is 5.53. The second-order valence-corrected chi connectivity index (χ2v) is 7.03. The molecule has 0 aliphatic carbocycles. The Bertz CT molecular complexity index is 1010. The molecule has 0 aromatic heterocycles. The van der Waals surface area contributed by atoms with Crippen molar-refractivity contribution in [2.75, 3.05) is 6.61 Å². The molecule has 3 rings (SSSR count). The van der Waals surface area contributed by atoms with Gasteiger partial charge in [-0.2, -0.15) is 0 Å². The average Bonchev–Trinajstić information content (AvgIpc) is 2.76. The molecule has 0 aliphatic rings. The van der Waals surface area contributed by atoms with E-state index in [1.54, 1.807) is 30.3 Å². The molecule has 5 heteroatoms. The van der Waals surface area contributed by atoms with E-state index >= 15 is 0 Å². The van der Waals surface area contributed by atoms with Gasteiger partial charge < -0.3 is 9.84 Å². The quantitative estimate of drug-likeness (QED) is 0.334. The Hall–Kier alpha value is -3.21. The molecule has 0 saturated heterocycles. The van der Waals surface area contributed by atoms with Crippen LogP contribution >= 0.6 is 0 Å². The summed E-state index contributed by atoms with van der Waals surface area (Å²) in [5.41, 5.74) is 1.15. The lowest BCUT2D eigenvalue weighted by Crippen LogP contribution is -2.14. The van der Waals surface area contributed by atoms with Crippen LogP contribution in [0.3, 0.4) is 0 Å². The number of azo groups is 1. The maximum absolute atomic E-state index is 12.6. The Morgan fingerprint density at radius 3 is 2.55 bits per heavy atom. The summed E-state index contributed by atoms with van der Waals surface area (Å²) >= 11 is 0. The molecule has 0 saturated carbocycles. The topological polar surface area (TPSA) is 71.2 Å². The molecule has 0 heterocycles. The zero-order valence-electron chi connectivity index (χ0n) is 16.8. The number of carbonyl (C=O) groups is 1. The largest absolute Gasteiger partial charge is 0.506 e. The number of rotatable bonds is 8. The number of fused-ring (bicyclic) bond motifs is 1. The first-order chi connectivity index (χ1) is 14.1. The summed E-state index contributed by atoms with van der Waals surface area (Å²) in [6.45, 7) is 4.63. The molecule has 0 amide bonds. The van der Waals surface area contributed by atoms with Crippen molar-refractivity contribution in [1.82, 2.24) is 0 Å². The predicted molar refractivity (Wildman–Crippen MR) is 115 cm³/mol. The monoisotopic (exact) mass is 390 g/mol. The first-order valence-corrected chi connectivity index (χ1v) is 10.0. The highest BCUT2D eigenvalue weighted by Gasteiger charge is 2.15. The van der Waals surface area contributed by atoms with Gasteiger partial charge in [-0.05, 0) is 35.9 Å². The number of phenols is 1. The number of esters is 1. The van der Waals surface area contributed by atoms with Gasteiger partial charge in [-0.1, -0.05) is 69.2 Å². The molecule has 3 aromatic rings. The van der Waals surface area contributed by atoms with Crippen molar-refractivity contribution in [3.63, 3.8) is 0 Å². The van der Waals surface area contributed by atoms with Crippen molar-refractivity contribution in [3.05, 3.63) is 66.2 Å². The van der Waals surface area contributed by atoms with E-state index < -0.39 is 5.97 Å². The van der Waals surface area contributed by atoms with Gasteiger partial charge in [0.1, 0.15) is 17.1 Å². The van der Waals surface area contributed by atoms with Gasteiger partial charge in [0.25, 0.3) is 0 Å². The predicted octanol–water partition coefficient (Wildman–Crippen LogP) is 6.94. The van der Waals surface area contributed by atoms with Crippen molar-refractivity contribution in [3.8, 4) is 5.75 Å². The van der Waals surface area contributed by atoms with Gasteiger partial charge >= 0.3 is 5.97 Å². The van der Waals surface area contributed by atoms with Gasteiger partial charge in [0.2, 0.25) is 0 Å². The third-order valence-electron chi connectivity index (χ3n) is 4.99. The van der Waals surface area contributed by atoms with E-state index in [0.717, 1.165) is 30.0 Å². The van der Waals surface area contributed by atoms with Crippen molar-refractivity contribution in [1.29, 1.82) is 0 Å². The van der Waals surface area contributed by atoms with Crippen LogP contribution in [0.4, 0.5) is 11.4 Å². The molecule has 3 aromatic carbocycles. The first-order valence-electron chi connectivity index (χ1n) is 10.0. The van der Waals surface area contributed by atoms with Gasteiger partial charge in [0.15, 0.2) is 0 Å². The summed E-state index contributed by atoms with van der Waals surface area (Å²) in [6, 6.07) is 18.0. The van der Waals surface area contributed by atoms with E-state index in [0.29, 0.717) is 29.5 Å². The maximum Gasteiger partial charge on any atom is 0.340 e. The molecule has 0 spiro atoms. The molecule has 1 atom stereocenters. The van der Waals surface area contributed by atoms with Gasteiger partial charge in [0, 0.05) is 5.39 Å². The Balaban J connectivity index is 1.85. The SMILES string of the molecule is CCCC(CC)COC(=O)c1ccccc1N=Nc1c(O)ccc2ccccc12. The number of hydrogen-bond donors (Lipinski definition) is 1. The molecule has 1 N–H and O–H groups in total. The van der Waals surface area contributed by atoms with Crippen LogP contribution in [-0.4, -0.2) is 17.7 Å². The number of aromatic hydroxyl groups is 1. The van der Waals surface area contributed by atoms with E-state index in [2.05, 4.69) is 24.1 Å². The molecule has 0 radical (unpaired) electrons. The minimum atomic E-state index is -0.406. The van der Waals surface area contributed by atoms with Crippen molar-refractivity contribution >= 4 is 28.1 Å². The van der Waals surface area contributed by atoms with Crippen LogP contribution in [0.1, 0.15) is 43.5 Å². The summed E-state index contributed by atoms with van der Waals surface area (Å²) in [7, 11) is 0. The third-order valence-corrected chi connectivity index (χ3v) is 4.99. The van der Waals surface area contributed by atoms with Gasteiger partial charge in [-0.15, -0.1) is 10.2 Å². The summed E-state index contributed by atoms with van der Waals surface area (Å²) in [5, 5.41) is 20.5. The molecule has 29 heavy (non-hydrogen) atoms. The Morgan fingerprint density at radius 2 is 1.76 bits per heavy atom. The fourth-order valence-electron chi connectivity index (χ4n) is 3.27. The maximum atomic E-state index is 12.6. The summed E-state index contributed by atoms with van der Waals surface area (Å²) in [4.78, 5) is 12.6. The molecular weight excluding hydrogens is 364 g/mol. The molecule has 0 aliphatic heterocycles. The van der Waals surface area contributed by atoms with E-state index in [1.165, 1.54) is 0 Å². The highest BCUT2D eigenvalue weighted by Crippen LogP contribution is 2.36. The fourth-order valence-corrected chi connectivity index (χ4v) is 3.27. The minimum Gasteiger partial charge on any atom is -0.506 e. The van der Waals surface area contributed by atoms with E-state index in [-0.39, 0.29) is 5.75 Å². The zero-order chi connectivity index (χ0) is 20.6. The molecule has 5 nitrogen and oxygen atoms in total. The van der Waals surface area contributed by atoms with Crippen molar-refractivity contribution in [2.45, 2.75) is 33.1 Å². The Morgan fingerprint density at radius 1 is 1.00 bits per heavy atom. The van der Waals surface area contributed by atoms with E-state index in [1.807, 2.05) is 30.3 Å².